The van der Waals surface area contributed by atoms with Gasteiger partial charge in [0.2, 0.25) is 22.3 Å². The van der Waals surface area contributed by atoms with Crippen molar-refractivity contribution >= 4 is 28.0 Å². The van der Waals surface area contributed by atoms with Crippen molar-refractivity contribution in [1.82, 2.24) is 9.21 Å². The Hall–Kier alpha value is -2.13. The number of benzene rings is 1. The zero-order valence-electron chi connectivity index (χ0n) is 14.1. The summed E-state index contributed by atoms with van der Waals surface area (Å²) in [6, 6.07) is 4.57. The lowest BCUT2D eigenvalue weighted by Gasteiger charge is -2.32. The number of nitrogens with zero attached hydrogens (tertiary/aromatic N) is 3. The normalized spacial score (nSPS) is 19.3. The van der Waals surface area contributed by atoms with E-state index in [4.69, 9.17) is 4.74 Å². The van der Waals surface area contributed by atoms with Crippen molar-refractivity contribution in [1.29, 1.82) is 0 Å². The topological polar surface area (TPSA) is 87.2 Å². The van der Waals surface area contributed by atoms with Crippen LogP contribution in [0.15, 0.2) is 23.1 Å². The molecule has 0 atom stereocenters. The van der Waals surface area contributed by atoms with E-state index < -0.39 is 10.0 Å². The number of hydrogen-bond acceptors (Lipinski definition) is 5. The van der Waals surface area contributed by atoms with Crippen molar-refractivity contribution in [3.05, 3.63) is 18.2 Å². The highest BCUT2D eigenvalue weighted by molar-refractivity contribution is 7.89. The third kappa shape index (κ3) is 3.34. The van der Waals surface area contributed by atoms with Gasteiger partial charge < -0.3 is 14.5 Å². The van der Waals surface area contributed by atoms with Gasteiger partial charge in [-0.05, 0) is 24.6 Å². The molecule has 2 saturated heterocycles. The molecule has 9 heteroatoms. The van der Waals surface area contributed by atoms with E-state index >= 15 is 0 Å². The molecule has 0 unspecified atom stereocenters. The van der Waals surface area contributed by atoms with E-state index in [1.807, 2.05) is 0 Å². The molecule has 0 bridgehead atoms. The summed E-state index contributed by atoms with van der Waals surface area (Å²) in [7, 11) is -2.20. The van der Waals surface area contributed by atoms with Gasteiger partial charge in [0.25, 0.3) is 0 Å². The minimum absolute atomic E-state index is 0.0348. The Morgan fingerprint density at radius 1 is 1.12 bits per heavy atom. The van der Waals surface area contributed by atoms with Crippen LogP contribution in [-0.2, 0) is 19.6 Å². The molecule has 2 fully saturated rings. The third-order valence-corrected chi connectivity index (χ3v) is 6.47. The summed E-state index contributed by atoms with van der Waals surface area (Å²) in [5.41, 5.74) is 0.484. The predicted molar refractivity (Wildman–Crippen MR) is 91.0 cm³/mol. The minimum atomic E-state index is -3.69. The van der Waals surface area contributed by atoms with Crippen LogP contribution in [0.3, 0.4) is 0 Å². The Morgan fingerprint density at radius 3 is 2.40 bits per heavy atom. The van der Waals surface area contributed by atoms with E-state index in [2.05, 4.69) is 0 Å². The summed E-state index contributed by atoms with van der Waals surface area (Å²) in [6.45, 7) is 1.81. The average molecular weight is 367 g/mol. The number of carbonyl (C=O) groups excluding carboxylic acids is 2. The largest absolute Gasteiger partial charge is 0.495 e. The second-order valence-corrected chi connectivity index (χ2v) is 7.97. The summed E-state index contributed by atoms with van der Waals surface area (Å²) in [5.74, 6) is 0.437. The Bertz CT molecular complexity index is 772. The Kier molecular flexibility index (Phi) is 4.96. The molecule has 3 rings (SSSR count). The summed E-state index contributed by atoms with van der Waals surface area (Å²) >= 11 is 0. The van der Waals surface area contributed by atoms with Crippen LogP contribution in [0.4, 0.5) is 5.69 Å². The number of amides is 2. The van der Waals surface area contributed by atoms with E-state index in [9.17, 15) is 18.0 Å². The van der Waals surface area contributed by atoms with Crippen LogP contribution in [0, 0.1) is 0 Å². The average Bonchev–Trinajstić information content (AvgIpc) is 3.07. The minimum Gasteiger partial charge on any atom is -0.495 e. The van der Waals surface area contributed by atoms with Gasteiger partial charge in [0.1, 0.15) is 5.75 Å². The zero-order valence-corrected chi connectivity index (χ0v) is 14.9. The van der Waals surface area contributed by atoms with Crippen molar-refractivity contribution in [2.75, 3.05) is 44.7 Å². The van der Waals surface area contributed by atoms with Gasteiger partial charge in [-0.3, -0.25) is 9.59 Å². The molecule has 2 aliphatic heterocycles. The first kappa shape index (κ1) is 17.7. The van der Waals surface area contributed by atoms with Gasteiger partial charge in [-0.15, -0.1) is 0 Å². The number of hydrogen-bond donors (Lipinski definition) is 0. The van der Waals surface area contributed by atoms with Crippen molar-refractivity contribution < 1.29 is 22.7 Å². The Morgan fingerprint density at radius 2 is 1.84 bits per heavy atom. The fourth-order valence-electron chi connectivity index (χ4n) is 3.14. The molecule has 1 aromatic rings. The first-order valence-electron chi connectivity index (χ1n) is 8.15. The number of piperazine rings is 1. The van der Waals surface area contributed by atoms with Crippen molar-refractivity contribution in [3.63, 3.8) is 0 Å². The maximum Gasteiger partial charge on any atom is 0.243 e. The van der Waals surface area contributed by atoms with Crippen LogP contribution in [0.2, 0.25) is 0 Å². The van der Waals surface area contributed by atoms with Gasteiger partial charge in [-0.25, -0.2) is 8.42 Å². The molecule has 0 aromatic heterocycles. The molecule has 0 aliphatic carbocycles. The molecular weight excluding hydrogens is 346 g/mol. The lowest BCUT2D eigenvalue weighted by atomic mass is 10.2. The van der Waals surface area contributed by atoms with Gasteiger partial charge in [-0.2, -0.15) is 4.31 Å². The molecule has 0 N–H and O–H groups in total. The van der Waals surface area contributed by atoms with E-state index in [1.54, 1.807) is 15.9 Å². The Labute approximate surface area is 147 Å². The molecular formula is C16H21N3O5S. The molecule has 2 heterocycles. The molecule has 136 valence electrons. The quantitative estimate of drug-likeness (QED) is 0.698. The van der Waals surface area contributed by atoms with Crippen LogP contribution in [0.5, 0.6) is 5.75 Å². The summed E-state index contributed by atoms with van der Waals surface area (Å²) in [5, 5.41) is 0. The molecule has 8 nitrogen and oxygen atoms in total. The molecule has 2 aliphatic rings. The number of anilines is 1. The van der Waals surface area contributed by atoms with Gasteiger partial charge in [-0.1, -0.05) is 0 Å². The maximum atomic E-state index is 12.9. The molecule has 0 saturated carbocycles. The van der Waals surface area contributed by atoms with Crippen LogP contribution in [0.25, 0.3) is 0 Å². The molecule has 25 heavy (non-hydrogen) atoms. The lowest BCUT2D eigenvalue weighted by molar-refractivity contribution is -0.119. The summed E-state index contributed by atoms with van der Waals surface area (Å²) < 4.78 is 32.5. The zero-order chi connectivity index (χ0) is 18.0. The van der Waals surface area contributed by atoms with Crippen LogP contribution in [0.1, 0.15) is 12.8 Å². The second kappa shape index (κ2) is 7.01. The number of carbonyl (C=O) groups is 2. The fourth-order valence-corrected chi connectivity index (χ4v) is 4.59. The molecule has 0 spiro atoms. The van der Waals surface area contributed by atoms with Crippen molar-refractivity contribution in [2.24, 2.45) is 0 Å². The van der Waals surface area contributed by atoms with Crippen molar-refractivity contribution in [3.8, 4) is 5.75 Å². The fraction of sp³-hybridized carbons (Fsp3) is 0.500. The van der Waals surface area contributed by atoms with E-state index in [0.29, 0.717) is 37.5 Å². The number of ether oxygens (including phenoxy) is 1. The van der Waals surface area contributed by atoms with Gasteiger partial charge in [0, 0.05) is 39.1 Å². The summed E-state index contributed by atoms with van der Waals surface area (Å²) in [6.07, 6.45) is 1.93. The van der Waals surface area contributed by atoms with E-state index in [1.165, 1.54) is 23.5 Å². The third-order valence-electron chi connectivity index (χ3n) is 4.57. The van der Waals surface area contributed by atoms with Crippen LogP contribution >= 0.6 is 0 Å². The molecule has 1 aromatic carbocycles. The van der Waals surface area contributed by atoms with E-state index in [0.717, 1.165) is 12.8 Å². The number of methoxy groups -OCH3 is 1. The lowest BCUT2D eigenvalue weighted by Crippen LogP contribution is -2.48. The maximum absolute atomic E-state index is 12.9. The first-order valence-corrected chi connectivity index (χ1v) is 9.59. The van der Waals surface area contributed by atoms with Gasteiger partial charge in [0.05, 0.1) is 17.7 Å². The standard InChI is InChI=1S/C16H21N3O5S/c1-24-15-5-4-13(11-14(15)19-6-2-3-16(19)21)25(22,23)18-9-7-17(12-20)8-10-18/h4-5,11-12H,2-3,6-10H2,1H3. The predicted octanol–water partition coefficient (Wildman–Crippen LogP) is 0.285. The smallest absolute Gasteiger partial charge is 0.243 e. The van der Waals surface area contributed by atoms with E-state index in [-0.39, 0.29) is 23.9 Å². The van der Waals surface area contributed by atoms with Crippen molar-refractivity contribution in [2.45, 2.75) is 17.7 Å². The highest BCUT2D eigenvalue weighted by Gasteiger charge is 2.31. The van der Waals surface area contributed by atoms with Crippen LogP contribution in [-0.4, -0.2) is 69.8 Å². The Balaban J connectivity index is 1.91. The molecule has 0 radical (unpaired) electrons. The second-order valence-electron chi connectivity index (χ2n) is 6.03. The first-order chi connectivity index (χ1) is 12.0. The SMILES string of the molecule is COc1ccc(S(=O)(=O)N2CCN(C=O)CC2)cc1N1CCCC1=O. The highest BCUT2D eigenvalue weighted by Crippen LogP contribution is 2.34. The number of sulfonamides is 1. The summed E-state index contributed by atoms with van der Waals surface area (Å²) in [4.78, 5) is 26.1. The molecule has 2 amide bonds. The number of rotatable bonds is 5. The highest BCUT2D eigenvalue weighted by atomic mass is 32.2. The monoisotopic (exact) mass is 367 g/mol. The van der Waals surface area contributed by atoms with Gasteiger partial charge >= 0.3 is 0 Å². The van der Waals surface area contributed by atoms with Crippen LogP contribution < -0.4 is 9.64 Å². The van der Waals surface area contributed by atoms with Gasteiger partial charge in [0.15, 0.2) is 0 Å².